The van der Waals surface area contributed by atoms with Gasteiger partial charge in [-0.1, -0.05) is 35.3 Å². The van der Waals surface area contributed by atoms with Crippen molar-refractivity contribution in [1.29, 1.82) is 0 Å². The van der Waals surface area contributed by atoms with E-state index in [1.54, 1.807) is 29.7 Å². The molecule has 0 saturated carbocycles. The number of amides is 1. The van der Waals surface area contributed by atoms with Crippen molar-refractivity contribution in [2.24, 2.45) is 0 Å². The quantitative estimate of drug-likeness (QED) is 0.537. The molecule has 1 heterocycles. The number of esters is 1. The van der Waals surface area contributed by atoms with Gasteiger partial charge in [0.25, 0.3) is 5.91 Å². The second kappa shape index (κ2) is 8.84. The van der Waals surface area contributed by atoms with Crippen LogP contribution in [0.25, 0.3) is 0 Å². The fourth-order valence-corrected chi connectivity index (χ4v) is 2.75. The molecule has 132 valence electrons. The van der Waals surface area contributed by atoms with Crippen molar-refractivity contribution in [2.75, 3.05) is 17.2 Å². The lowest BCUT2D eigenvalue weighted by molar-refractivity contribution is -0.123. The molecule has 0 bridgehead atoms. The van der Waals surface area contributed by atoms with E-state index in [1.807, 2.05) is 0 Å². The number of hydrogen-bond donors (Lipinski definition) is 2. The molecule has 1 atom stereocenters. The van der Waals surface area contributed by atoms with E-state index < -0.39 is 18.0 Å². The smallest absolute Gasteiger partial charge is 0.358 e. The highest BCUT2D eigenvalue weighted by Gasteiger charge is 2.21. The van der Waals surface area contributed by atoms with Crippen LogP contribution in [0.4, 0.5) is 10.8 Å². The van der Waals surface area contributed by atoms with Gasteiger partial charge in [-0.05, 0) is 19.1 Å². The number of carbonyl (C=O) groups excluding carboxylic acids is 2. The molecule has 1 aromatic carbocycles. The predicted octanol–water partition coefficient (Wildman–Crippen LogP) is 4.23. The largest absolute Gasteiger partial charge is 0.448 e. The fraction of sp³-hybridized carbons (Fsp3) is 0.188. The fourth-order valence-electron chi connectivity index (χ4n) is 1.72. The van der Waals surface area contributed by atoms with Gasteiger partial charge in [-0.2, -0.15) is 0 Å². The Hall–Kier alpha value is -2.09. The molecule has 1 amide bonds. The normalized spacial score (nSPS) is 11.5. The first kappa shape index (κ1) is 19.2. The zero-order chi connectivity index (χ0) is 18.4. The van der Waals surface area contributed by atoms with Gasteiger partial charge in [-0.15, -0.1) is 17.9 Å². The van der Waals surface area contributed by atoms with Gasteiger partial charge in [0, 0.05) is 11.9 Å². The first-order valence-electron chi connectivity index (χ1n) is 7.18. The number of anilines is 2. The SMILES string of the molecule is C=CCNc1nc(C(=O)OC(C)C(=O)Nc2cccc(Cl)c2Cl)cs1. The van der Waals surface area contributed by atoms with E-state index in [0.29, 0.717) is 22.4 Å². The second-order valence-electron chi connectivity index (χ2n) is 4.85. The lowest BCUT2D eigenvalue weighted by Crippen LogP contribution is -2.30. The topological polar surface area (TPSA) is 80.3 Å². The van der Waals surface area contributed by atoms with Crippen LogP contribution in [0.1, 0.15) is 17.4 Å². The number of nitrogens with zero attached hydrogens (tertiary/aromatic N) is 1. The molecule has 0 aliphatic rings. The van der Waals surface area contributed by atoms with E-state index in [0.717, 1.165) is 0 Å². The number of ether oxygens (including phenoxy) is 1. The Balaban J connectivity index is 1.96. The summed E-state index contributed by atoms with van der Waals surface area (Å²) in [6.45, 7) is 5.57. The molecule has 0 fully saturated rings. The van der Waals surface area contributed by atoms with Gasteiger partial charge in [0.2, 0.25) is 0 Å². The Labute approximate surface area is 158 Å². The van der Waals surface area contributed by atoms with E-state index in [9.17, 15) is 9.59 Å². The van der Waals surface area contributed by atoms with Crippen LogP contribution in [0.3, 0.4) is 0 Å². The lowest BCUT2D eigenvalue weighted by Gasteiger charge is -2.14. The van der Waals surface area contributed by atoms with Gasteiger partial charge in [-0.3, -0.25) is 4.79 Å². The molecule has 9 heteroatoms. The third-order valence-electron chi connectivity index (χ3n) is 2.97. The highest BCUT2D eigenvalue weighted by Crippen LogP contribution is 2.29. The molecule has 0 aliphatic carbocycles. The minimum absolute atomic E-state index is 0.122. The maximum Gasteiger partial charge on any atom is 0.358 e. The van der Waals surface area contributed by atoms with Crippen molar-refractivity contribution in [2.45, 2.75) is 13.0 Å². The Morgan fingerprint density at radius 2 is 2.20 bits per heavy atom. The Bertz CT molecular complexity index is 795. The third-order valence-corrected chi connectivity index (χ3v) is 4.59. The standard InChI is InChI=1S/C16H15Cl2N3O3S/c1-3-7-19-16-21-12(8-25-16)15(23)24-9(2)14(22)20-11-6-4-5-10(17)13(11)18/h3-6,8-9H,1,7H2,2H3,(H,19,21)(H,20,22). The Morgan fingerprint density at radius 3 is 2.92 bits per heavy atom. The molecule has 0 radical (unpaired) electrons. The monoisotopic (exact) mass is 399 g/mol. The van der Waals surface area contributed by atoms with Crippen molar-refractivity contribution < 1.29 is 14.3 Å². The molecule has 0 spiro atoms. The number of carbonyl (C=O) groups is 2. The van der Waals surface area contributed by atoms with Crippen LogP contribution >= 0.6 is 34.5 Å². The second-order valence-corrected chi connectivity index (χ2v) is 6.49. The van der Waals surface area contributed by atoms with E-state index in [4.69, 9.17) is 27.9 Å². The minimum atomic E-state index is -1.03. The van der Waals surface area contributed by atoms with Crippen LogP contribution in [0.2, 0.25) is 10.0 Å². The van der Waals surface area contributed by atoms with Crippen molar-refractivity contribution in [1.82, 2.24) is 4.98 Å². The first-order valence-corrected chi connectivity index (χ1v) is 8.82. The molecule has 2 aromatic rings. The average Bonchev–Trinajstić information content (AvgIpc) is 3.06. The van der Waals surface area contributed by atoms with Crippen molar-refractivity contribution in [3.63, 3.8) is 0 Å². The first-order chi connectivity index (χ1) is 11.9. The van der Waals surface area contributed by atoms with Crippen LogP contribution in [-0.4, -0.2) is 29.5 Å². The van der Waals surface area contributed by atoms with Gasteiger partial charge >= 0.3 is 5.97 Å². The summed E-state index contributed by atoms with van der Waals surface area (Å²) in [6, 6.07) is 4.84. The van der Waals surface area contributed by atoms with Crippen LogP contribution in [0.15, 0.2) is 36.2 Å². The summed E-state index contributed by atoms with van der Waals surface area (Å²) in [5.74, 6) is -1.22. The highest BCUT2D eigenvalue weighted by molar-refractivity contribution is 7.13. The molecule has 6 nitrogen and oxygen atoms in total. The van der Waals surface area contributed by atoms with Gasteiger partial charge in [0.1, 0.15) is 0 Å². The van der Waals surface area contributed by atoms with Gasteiger partial charge in [0.15, 0.2) is 16.9 Å². The average molecular weight is 400 g/mol. The molecule has 0 saturated heterocycles. The van der Waals surface area contributed by atoms with Crippen LogP contribution in [0.5, 0.6) is 0 Å². The Morgan fingerprint density at radius 1 is 1.44 bits per heavy atom. The van der Waals surface area contributed by atoms with Gasteiger partial charge in [0.05, 0.1) is 15.7 Å². The van der Waals surface area contributed by atoms with E-state index in [1.165, 1.54) is 18.3 Å². The zero-order valence-electron chi connectivity index (χ0n) is 13.2. The summed E-state index contributed by atoms with van der Waals surface area (Å²) in [5.41, 5.74) is 0.462. The molecule has 0 aliphatic heterocycles. The van der Waals surface area contributed by atoms with Crippen LogP contribution in [-0.2, 0) is 9.53 Å². The summed E-state index contributed by atoms with van der Waals surface area (Å²) in [6.07, 6.45) is 0.640. The van der Waals surface area contributed by atoms with Crippen LogP contribution < -0.4 is 10.6 Å². The highest BCUT2D eigenvalue weighted by atomic mass is 35.5. The van der Waals surface area contributed by atoms with Crippen molar-refractivity contribution >= 4 is 57.2 Å². The lowest BCUT2D eigenvalue weighted by atomic mass is 10.3. The minimum Gasteiger partial charge on any atom is -0.448 e. The summed E-state index contributed by atoms with van der Waals surface area (Å²) in [4.78, 5) is 28.3. The molecule has 25 heavy (non-hydrogen) atoms. The van der Waals surface area contributed by atoms with Gasteiger partial charge in [-0.25, -0.2) is 9.78 Å². The summed E-state index contributed by atoms with van der Waals surface area (Å²) in [7, 11) is 0. The zero-order valence-corrected chi connectivity index (χ0v) is 15.5. The maximum absolute atomic E-state index is 12.2. The summed E-state index contributed by atoms with van der Waals surface area (Å²) < 4.78 is 5.13. The Kier molecular flexibility index (Phi) is 6.81. The number of nitrogens with one attached hydrogen (secondary N) is 2. The number of halogens is 2. The van der Waals surface area contributed by atoms with Crippen LogP contribution in [0, 0.1) is 0 Å². The number of benzene rings is 1. The predicted molar refractivity (Wildman–Crippen MR) is 101 cm³/mol. The van der Waals surface area contributed by atoms with E-state index in [-0.39, 0.29) is 10.7 Å². The van der Waals surface area contributed by atoms with Gasteiger partial charge < -0.3 is 15.4 Å². The number of rotatable bonds is 7. The van der Waals surface area contributed by atoms with E-state index >= 15 is 0 Å². The summed E-state index contributed by atoms with van der Waals surface area (Å²) >= 11 is 13.2. The number of hydrogen-bond acceptors (Lipinski definition) is 6. The van der Waals surface area contributed by atoms with Crippen molar-refractivity contribution in [3.8, 4) is 0 Å². The third kappa shape index (κ3) is 5.19. The maximum atomic E-state index is 12.2. The molecule has 1 aromatic heterocycles. The number of aromatic nitrogens is 1. The molecule has 1 unspecified atom stereocenters. The molecular formula is C16H15Cl2N3O3S. The molecule has 2 rings (SSSR count). The van der Waals surface area contributed by atoms with E-state index in [2.05, 4.69) is 22.2 Å². The number of thiazole rings is 1. The summed E-state index contributed by atoms with van der Waals surface area (Å²) in [5, 5.41) is 8.17. The van der Waals surface area contributed by atoms with Crippen molar-refractivity contribution in [3.05, 3.63) is 52.0 Å². The molecular weight excluding hydrogens is 385 g/mol. The molecule has 2 N–H and O–H groups in total.